The van der Waals surface area contributed by atoms with Crippen LogP contribution < -0.4 is 14.8 Å². The van der Waals surface area contributed by atoms with Gasteiger partial charge in [0.2, 0.25) is 0 Å². The van der Waals surface area contributed by atoms with Crippen LogP contribution in [0.3, 0.4) is 0 Å². The number of ether oxygens (including phenoxy) is 2. The van der Waals surface area contributed by atoms with Crippen molar-refractivity contribution in [3.63, 3.8) is 0 Å². The molecule has 0 aliphatic carbocycles. The lowest BCUT2D eigenvalue weighted by Crippen LogP contribution is -2.04. The van der Waals surface area contributed by atoms with Gasteiger partial charge >= 0.3 is 0 Å². The highest BCUT2D eigenvalue weighted by Gasteiger charge is 2.06. The molecule has 3 aromatic carbocycles. The lowest BCUT2D eigenvalue weighted by Gasteiger charge is -2.14. The van der Waals surface area contributed by atoms with Crippen molar-refractivity contribution in [1.82, 2.24) is 0 Å². The highest BCUT2D eigenvalue weighted by atomic mass is 35.5. The molecule has 0 amide bonds. The fourth-order valence-corrected chi connectivity index (χ4v) is 2.84. The zero-order chi connectivity index (χ0) is 19.1. The van der Waals surface area contributed by atoms with Crippen molar-refractivity contribution in [3.05, 3.63) is 88.7 Å². The molecule has 0 aliphatic rings. The van der Waals surface area contributed by atoms with Gasteiger partial charge in [-0.15, -0.1) is 0 Å². The summed E-state index contributed by atoms with van der Waals surface area (Å²) in [6, 6.07) is 19.6. The number of hydrogen-bond donors (Lipinski definition) is 1. The van der Waals surface area contributed by atoms with E-state index in [1.807, 2.05) is 49.4 Å². The summed E-state index contributed by atoms with van der Waals surface area (Å²) < 4.78 is 24.7. The maximum absolute atomic E-state index is 13.3. The molecule has 140 valence electrons. The minimum Gasteiger partial charge on any atom is -0.494 e. The normalized spacial score (nSPS) is 10.5. The monoisotopic (exact) mass is 385 g/mol. The Morgan fingerprint density at radius 3 is 2.52 bits per heavy atom. The third-order valence-electron chi connectivity index (χ3n) is 3.95. The number of anilines is 1. The first-order chi connectivity index (χ1) is 13.1. The Balaban J connectivity index is 1.66. The summed E-state index contributed by atoms with van der Waals surface area (Å²) in [4.78, 5) is 0. The zero-order valence-corrected chi connectivity index (χ0v) is 15.8. The molecule has 0 fully saturated rings. The molecule has 0 aromatic heterocycles. The first-order valence-corrected chi connectivity index (χ1v) is 9.14. The number of benzene rings is 3. The minimum atomic E-state index is -0.274. The predicted molar refractivity (Wildman–Crippen MR) is 107 cm³/mol. The van der Waals surface area contributed by atoms with Gasteiger partial charge in [0.15, 0.2) is 0 Å². The van der Waals surface area contributed by atoms with Gasteiger partial charge in [0.25, 0.3) is 0 Å². The first kappa shape index (κ1) is 19.1. The Kier molecular flexibility index (Phi) is 6.55. The summed E-state index contributed by atoms with van der Waals surface area (Å²) in [5.41, 5.74) is 2.66. The van der Waals surface area contributed by atoms with Crippen LogP contribution in [0.15, 0.2) is 66.7 Å². The molecule has 0 atom stereocenters. The quantitative estimate of drug-likeness (QED) is 0.510. The summed E-state index contributed by atoms with van der Waals surface area (Å²) in [6.45, 7) is 3.43. The lowest BCUT2D eigenvalue weighted by atomic mass is 10.2. The Morgan fingerprint density at radius 1 is 0.963 bits per heavy atom. The molecule has 0 spiro atoms. The van der Waals surface area contributed by atoms with E-state index in [0.717, 1.165) is 22.6 Å². The summed E-state index contributed by atoms with van der Waals surface area (Å²) in [5.74, 6) is 1.27. The minimum absolute atomic E-state index is 0.274. The molecular weight excluding hydrogens is 365 g/mol. The van der Waals surface area contributed by atoms with Gasteiger partial charge in [-0.25, -0.2) is 4.39 Å². The second-order valence-electron chi connectivity index (χ2n) is 5.98. The molecule has 0 radical (unpaired) electrons. The van der Waals surface area contributed by atoms with Crippen molar-refractivity contribution in [2.24, 2.45) is 0 Å². The Bertz CT molecular complexity index is 884. The van der Waals surface area contributed by atoms with Crippen molar-refractivity contribution in [1.29, 1.82) is 0 Å². The van der Waals surface area contributed by atoms with Crippen LogP contribution in [0, 0.1) is 5.82 Å². The van der Waals surface area contributed by atoms with Crippen molar-refractivity contribution in [2.45, 2.75) is 20.1 Å². The van der Waals surface area contributed by atoms with E-state index in [0.29, 0.717) is 23.9 Å². The second kappa shape index (κ2) is 9.28. The predicted octanol–water partition coefficient (Wildman–Crippen LogP) is 6.07. The second-order valence-corrected chi connectivity index (χ2v) is 6.42. The van der Waals surface area contributed by atoms with Crippen molar-refractivity contribution in [3.8, 4) is 11.5 Å². The van der Waals surface area contributed by atoms with E-state index in [2.05, 4.69) is 5.32 Å². The fourth-order valence-electron chi connectivity index (χ4n) is 2.65. The van der Waals surface area contributed by atoms with E-state index in [1.54, 1.807) is 12.1 Å². The van der Waals surface area contributed by atoms with Crippen LogP contribution in [-0.4, -0.2) is 6.61 Å². The smallest absolute Gasteiger partial charge is 0.124 e. The van der Waals surface area contributed by atoms with E-state index in [4.69, 9.17) is 21.1 Å². The summed E-state index contributed by atoms with van der Waals surface area (Å²) in [5, 5.41) is 3.99. The van der Waals surface area contributed by atoms with Crippen LogP contribution in [0.2, 0.25) is 5.02 Å². The Labute approximate surface area is 163 Å². The largest absolute Gasteiger partial charge is 0.494 e. The van der Waals surface area contributed by atoms with Crippen molar-refractivity contribution in [2.75, 3.05) is 11.9 Å². The van der Waals surface area contributed by atoms with Gasteiger partial charge in [-0.1, -0.05) is 23.7 Å². The van der Waals surface area contributed by atoms with Crippen LogP contribution >= 0.6 is 11.6 Å². The van der Waals surface area contributed by atoms with Crippen LogP contribution in [0.5, 0.6) is 11.5 Å². The summed E-state index contributed by atoms with van der Waals surface area (Å²) in [7, 11) is 0. The van der Waals surface area contributed by atoms with Crippen LogP contribution in [0.4, 0.5) is 10.1 Å². The summed E-state index contributed by atoms with van der Waals surface area (Å²) in [6.07, 6.45) is 0. The molecule has 0 heterocycles. The van der Waals surface area contributed by atoms with Crippen LogP contribution in [0.25, 0.3) is 0 Å². The van der Waals surface area contributed by atoms with Crippen LogP contribution in [-0.2, 0) is 13.2 Å². The molecule has 0 unspecified atom stereocenters. The first-order valence-electron chi connectivity index (χ1n) is 8.76. The van der Waals surface area contributed by atoms with E-state index in [-0.39, 0.29) is 12.4 Å². The summed E-state index contributed by atoms with van der Waals surface area (Å²) >= 11 is 6.14. The van der Waals surface area contributed by atoms with Crippen molar-refractivity contribution < 1.29 is 13.9 Å². The number of nitrogens with one attached hydrogen (secondary N) is 1. The third-order valence-corrected chi connectivity index (χ3v) is 4.19. The maximum Gasteiger partial charge on any atom is 0.124 e. The topological polar surface area (TPSA) is 30.5 Å². The van der Waals surface area contributed by atoms with Gasteiger partial charge in [0.05, 0.1) is 6.61 Å². The number of halogens is 2. The molecule has 0 saturated heterocycles. The van der Waals surface area contributed by atoms with Crippen molar-refractivity contribution >= 4 is 17.3 Å². The van der Waals surface area contributed by atoms with E-state index in [1.165, 1.54) is 12.1 Å². The fraction of sp³-hybridized carbons (Fsp3) is 0.182. The average Bonchev–Trinajstić information content (AvgIpc) is 2.67. The van der Waals surface area contributed by atoms with E-state index < -0.39 is 0 Å². The SMILES string of the molecule is CCOc1ccc(NCc2cc(Cl)ccc2OCc2cccc(F)c2)cc1. The van der Waals surface area contributed by atoms with Gasteiger partial charge in [0.1, 0.15) is 23.9 Å². The zero-order valence-electron chi connectivity index (χ0n) is 15.0. The van der Waals surface area contributed by atoms with E-state index in [9.17, 15) is 4.39 Å². The van der Waals surface area contributed by atoms with Gasteiger partial charge in [0, 0.05) is 22.8 Å². The molecule has 0 saturated carbocycles. The lowest BCUT2D eigenvalue weighted by molar-refractivity contribution is 0.302. The molecular formula is C22H21ClFNO2. The molecule has 3 rings (SSSR count). The molecule has 1 N–H and O–H groups in total. The molecule has 3 nitrogen and oxygen atoms in total. The molecule has 0 aliphatic heterocycles. The van der Waals surface area contributed by atoms with Crippen LogP contribution in [0.1, 0.15) is 18.1 Å². The van der Waals surface area contributed by atoms with Gasteiger partial charge < -0.3 is 14.8 Å². The highest BCUT2D eigenvalue weighted by molar-refractivity contribution is 6.30. The maximum atomic E-state index is 13.3. The molecule has 0 bridgehead atoms. The Hall–Kier alpha value is -2.72. The molecule has 3 aromatic rings. The van der Waals surface area contributed by atoms with E-state index >= 15 is 0 Å². The number of hydrogen-bond acceptors (Lipinski definition) is 3. The average molecular weight is 386 g/mol. The molecule has 27 heavy (non-hydrogen) atoms. The standard InChI is InChI=1S/C22H21ClFNO2/c1-2-26-21-9-7-20(8-10-21)25-14-17-13-18(23)6-11-22(17)27-15-16-4-3-5-19(24)12-16/h3-13,25H,2,14-15H2,1H3. The van der Waals surface area contributed by atoms with Gasteiger partial charge in [-0.05, 0) is 67.1 Å². The van der Waals surface area contributed by atoms with Gasteiger partial charge in [-0.3, -0.25) is 0 Å². The number of rotatable bonds is 8. The highest BCUT2D eigenvalue weighted by Crippen LogP contribution is 2.25. The molecule has 5 heteroatoms. The Morgan fingerprint density at radius 2 is 1.78 bits per heavy atom. The van der Waals surface area contributed by atoms with Gasteiger partial charge in [-0.2, -0.15) is 0 Å². The third kappa shape index (κ3) is 5.63.